The molecule has 0 saturated carbocycles. The van der Waals surface area contributed by atoms with Gasteiger partial charge in [-0.05, 0) is 134 Å². The first-order valence-corrected chi connectivity index (χ1v) is 20.8. The van der Waals surface area contributed by atoms with Crippen molar-refractivity contribution in [3.8, 4) is 0 Å². The average molecular weight is 755 g/mol. The molecular formula is C26H36I2O6Si2. The van der Waals surface area contributed by atoms with Crippen molar-refractivity contribution in [1.29, 1.82) is 0 Å². The molecule has 0 saturated heterocycles. The smallest absolute Gasteiger partial charge is 0.338 e. The number of ether oxygens (including phenoxy) is 2. The van der Waals surface area contributed by atoms with Gasteiger partial charge in [-0.2, -0.15) is 0 Å². The molecule has 0 heterocycles. The van der Waals surface area contributed by atoms with Gasteiger partial charge in [0.15, 0.2) is 16.6 Å². The number of halogens is 2. The topological polar surface area (TPSA) is 71.1 Å². The number of carbonyl (C=O) groups excluding carboxylic acids is 2. The van der Waals surface area contributed by atoms with E-state index in [0.717, 1.165) is 18.3 Å². The van der Waals surface area contributed by atoms with Gasteiger partial charge in [-0.1, -0.05) is 12.1 Å². The van der Waals surface area contributed by atoms with Crippen LogP contribution in [0, 0.1) is 21.0 Å². The molecule has 6 nitrogen and oxygen atoms in total. The Bertz CT molecular complexity index is 994. The molecule has 0 radical (unpaired) electrons. The van der Waals surface area contributed by atoms with Crippen molar-refractivity contribution in [2.75, 3.05) is 13.2 Å². The predicted octanol–water partition coefficient (Wildman–Crippen LogP) is 6.97. The van der Waals surface area contributed by atoms with Gasteiger partial charge < -0.3 is 18.3 Å². The molecule has 0 spiro atoms. The van der Waals surface area contributed by atoms with Gasteiger partial charge in [0.2, 0.25) is 0 Å². The van der Waals surface area contributed by atoms with E-state index in [2.05, 4.69) is 84.5 Å². The van der Waals surface area contributed by atoms with Crippen LogP contribution in [0.25, 0.3) is 0 Å². The largest absolute Gasteiger partial charge is 0.459 e. The maximum atomic E-state index is 12.8. The summed E-state index contributed by atoms with van der Waals surface area (Å²) >= 11 is 4.40. The highest BCUT2D eigenvalue weighted by molar-refractivity contribution is 14.1. The minimum Gasteiger partial charge on any atom is -0.459 e. The summed E-state index contributed by atoms with van der Waals surface area (Å²) in [6, 6.07) is 10.9. The Kier molecular flexibility index (Phi) is 11.6. The Morgan fingerprint density at radius 1 is 0.694 bits per heavy atom. The lowest BCUT2D eigenvalue weighted by molar-refractivity contribution is -0.0381. The van der Waals surface area contributed by atoms with Crippen LogP contribution in [0.2, 0.25) is 39.3 Å². The third-order valence-electron chi connectivity index (χ3n) is 5.00. The number of esters is 2. The second-order valence-electron chi connectivity index (χ2n) is 10.7. The maximum Gasteiger partial charge on any atom is 0.338 e. The van der Waals surface area contributed by atoms with Crippen molar-refractivity contribution in [3.05, 3.63) is 65.8 Å². The Balaban J connectivity index is 2.21. The molecule has 2 rings (SSSR count). The van der Waals surface area contributed by atoms with Gasteiger partial charge in [-0.25, -0.2) is 9.59 Å². The van der Waals surface area contributed by atoms with Crippen LogP contribution in [-0.2, 0) is 18.3 Å². The zero-order valence-electron chi connectivity index (χ0n) is 22.2. The summed E-state index contributed by atoms with van der Waals surface area (Å²) in [6.07, 6.45) is -1.13. The lowest BCUT2D eigenvalue weighted by atomic mass is 10.1. The van der Waals surface area contributed by atoms with Crippen molar-refractivity contribution in [1.82, 2.24) is 0 Å². The number of aryl methyl sites for hydroxylation is 2. The van der Waals surface area contributed by atoms with Gasteiger partial charge in [0.1, 0.15) is 25.4 Å². The van der Waals surface area contributed by atoms with E-state index in [0.29, 0.717) is 11.1 Å². The SMILES string of the molecule is Cc1ccc(C(=O)OC[C@H](O[Si](C)(C)C)[C@H](COC(=O)c2ccc(C)c(I)c2)O[Si](C)(C)C)cc1I. The monoisotopic (exact) mass is 754 g/mol. The van der Waals surface area contributed by atoms with Crippen LogP contribution in [0.1, 0.15) is 31.8 Å². The van der Waals surface area contributed by atoms with E-state index in [1.165, 1.54) is 0 Å². The van der Waals surface area contributed by atoms with E-state index in [9.17, 15) is 9.59 Å². The first kappa shape index (κ1) is 31.4. The Labute approximate surface area is 244 Å². The summed E-state index contributed by atoms with van der Waals surface area (Å²) in [5.41, 5.74) is 3.17. The zero-order valence-corrected chi connectivity index (χ0v) is 28.6. The fraction of sp³-hybridized carbons (Fsp3) is 0.462. The van der Waals surface area contributed by atoms with E-state index in [1.807, 2.05) is 38.1 Å². The summed E-state index contributed by atoms with van der Waals surface area (Å²) in [6.45, 7) is 16.4. The normalized spacial score (nSPS) is 13.7. The zero-order chi connectivity index (χ0) is 27.3. The predicted molar refractivity (Wildman–Crippen MR) is 165 cm³/mol. The second-order valence-corrected chi connectivity index (χ2v) is 21.9. The molecular weight excluding hydrogens is 718 g/mol. The van der Waals surface area contributed by atoms with Crippen molar-refractivity contribution < 1.29 is 27.9 Å². The van der Waals surface area contributed by atoms with Gasteiger partial charge >= 0.3 is 11.9 Å². The molecule has 2 aromatic rings. The van der Waals surface area contributed by atoms with E-state index in [4.69, 9.17) is 18.3 Å². The molecule has 2 aromatic carbocycles. The molecule has 0 bridgehead atoms. The summed E-state index contributed by atoms with van der Waals surface area (Å²) < 4.78 is 26.2. The third-order valence-corrected chi connectivity index (χ3v) is 9.34. The quantitative estimate of drug-likeness (QED) is 0.140. The molecule has 36 heavy (non-hydrogen) atoms. The molecule has 0 aromatic heterocycles. The Morgan fingerprint density at radius 3 is 1.31 bits per heavy atom. The average Bonchev–Trinajstić information content (AvgIpc) is 2.75. The molecule has 0 aliphatic rings. The van der Waals surface area contributed by atoms with Crippen LogP contribution in [0.5, 0.6) is 0 Å². The molecule has 2 atom stereocenters. The maximum absolute atomic E-state index is 12.8. The number of rotatable bonds is 11. The minimum absolute atomic E-state index is 0.00266. The summed E-state index contributed by atoms with van der Waals surface area (Å²) in [4.78, 5) is 25.6. The third kappa shape index (κ3) is 10.5. The van der Waals surface area contributed by atoms with Gasteiger partial charge in [-0.3, -0.25) is 0 Å². The fourth-order valence-electron chi connectivity index (χ4n) is 3.26. The van der Waals surface area contributed by atoms with Crippen LogP contribution >= 0.6 is 45.2 Å². The van der Waals surface area contributed by atoms with Crippen LogP contribution in [0.4, 0.5) is 0 Å². The van der Waals surface area contributed by atoms with Crippen molar-refractivity contribution in [3.63, 3.8) is 0 Å². The number of carbonyl (C=O) groups is 2. The Morgan fingerprint density at radius 2 is 1.03 bits per heavy atom. The Hall–Kier alpha value is -0.806. The fourth-order valence-corrected chi connectivity index (χ4v) is 6.55. The van der Waals surface area contributed by atoms with Gasteiger partial charge in [0.25, 0.3) is 0 Å². The van der Waals surface area contributed by atoms with Crippen LogP contribution in [-0.4, -0.2) is 54.0 Å². The highest BCUT2D eigenvalue weighted by atomic mass is 127. The molecule has 0 aliphatic carbocycles. The minimum atomic E-state index is -2.06. The molecule has 0 unspecified atom stereocenters. The van der Waals surface area contributed by atoms with Crippen molar-refractivity contribution in [2.24, 2.45) is 0 Å². The highest BCUT2D eigenvalue weighted by Gasteiger charge is 2.34. The van der Waals surface area contributed by atoms with Gasteiger partial charge in [0, 0.05) is 7.14 Å². The van der Waals surface area contributed by atoms with Crippen LogP contribution in [0.3, 0.4) is 0 Å². The van der Waals surface area contributed by atoms with E-state index < -0.39 is 40.8 Å². The molecule has 0 aliphatic heterocycles. The van der Waals surface area contributed by atoms with Gasteiger partial charge in [-0.15, -0.1) is 0 Å². The number of benzene rings is 2. The molecule has 10 heteroatoms. The lowest BCUT2D eigenvalue weighted by Gasteiger charge is -2.35. The first-order valence-electron chi connectivity index (χ1n) is 11.8. The van der Waals surface area contributed by atoms with E-state index in [1.54, 1.807) is 12.1 Å². The van der Waals surface area contributed by atoms with Crippen molar-refractivity contribution in [2.45, 2.75) is 65.3 Å². The summed E-state index contributed by atoms with van der Waals surface area (Å²) in [5, 5.41) is 0. The molecule has 0 amide bonds. The molecule has 198 valence electrons. The standard InChI is InChI=1S/C26H36I2O6Si2/c1-17-9-11-19(13-21(17)27)25(29)31-15-23(33-35(3,4)5)24(34-36(6,7)8)16-32-26(30)20-12-10-18(2)22(28)14-20/h9-14,23-24H,15-16H2,1-8H3/t23-,24-/m0/s1. The van der Waals surface area contributed by atoms with Crippen LogP contribution < -0.4 is 0 Å². The highest BCUT2D eigenvalue weighted by Crippen LogP contribution is 2.21. The lowest BCUT2D eigenvalue weighted by Crippen LogP contribution is -2.49. The van der Waals surface area contributed by atoms with Gasteiger partial charge in [0.05, 0.1) is 11.1 Å². The number of hydrogen-bond donors (Lipinski definition) is 0. The van der Waals surface area contributed by atoms with E-state index >= 15 is 0 Å². The first-order chi connectivity index (χ1) is 16.6. The van der Waals surface area contributed by atoms with Crippen molar-refractivity contribution >= 4 is 73.8 Å². The summed E-state index contributed by atoms with van der Waals surface area (Å²) in [5.74, 6) is -0.842. The molecule has 0 N–H and O–H groups in total. The van der Waals surface area contributed by atoms with Crippen LogP contribution in [0.15, 0.2) is 36.4 Å². The number of hydrogen-bond acceptors (Lipinski definition) is 6. The molecule has 0 fully saturated rings. The summed E-state index contributed by atoms with van der Waals surface area (Å²) in [7, 11) is -4.12. The second kappa shape index (κ2) is 13.3. The van der Waals surface area contributed by atoms with E-state index in [-0.39, 0.29) is 13.2 Å².